The summed E-state index contributed by atoms with van der Waals surface area (Å²) in [4.78, 5) is 29.4. The Labute approximate surface area is 177 Å². The summed E-state index contributed by atoms with van der Waals surface area (Å²) in [5.41, 5.74) is -2.96. The lowest BCUT2D eigenvalue weighted by molar-refractivity contribution is -0.171. The van der Waals surface area contributed by atoms with E-state index in [9.17, 15) is 22.8 Å². The number of halogens is 3. The highest BCUT2D eigenvalue weighted by Crippen LogP contribution is 2.41. The molecule has 0 amide bonds. The van der Waals surface area contributed by atoms with Crippen LogP contribution in [0.15, 0.2) is 42.6 Å². The molecule has 3 rings (SSSR count). The summed E-state index contributed by atoms with van der Waals surface area (Å²) >= 11 is 0. The van der Waals surface area contributed by atoms with Crippen LogP contribution in [0.1, 0.15) is 31.9 Å². The molecule has 164 valence electrons. The van der Waals surface area contributed by atoms with Crippen molar-refractivity contribution in [2.24, 2.45) is 5.41 Å². The number of pyridine rings is 1. The normalized spacial score (nSPS) is 12.2. The molecule has 0 bridgehead atoms. The summed E-state index contributed by atoms with van der Waals surface area (Å²) in [7, 11) is 0. The molecule has 1 aromatic heterocycles. The Morgan fingerprint density at radius 3 is 2.13 bits per heavy atom. The van der Waals surface area contributed by atoms with E-state index in [-0.39, 0.29) is 29.7 Å². The van der Waals surface area contributed by atoms with E-state index in [1.807, 2.05) is 0 Å². The lowest BCUT2D eigenvalue weighted by Crippen LogP contribution is -2.41. The van der Waals surface area contributed by atoms with Gasteiger partial charge in [0.05, 0.1) is 24.3 Å². The van der Waals surface area contributed by atoms with Gasteiger partial charge in [0.25, 0.3) is 0 Å². The molecule has 0 unspecified atom stereocenters. The van der Waals surface area contributed by atoms with Crippen LogP contribution in [0.4, 0.5) is 13.2 Å². The van der Waals surface area contributed by atoms with E-state index < -0.39 is 35.5 Å². The van der Waals surface area contributed by atoms with Gasteiger partial charge >= 0.3 is 18.1 Å². The van der Waals surface area contributed by atoms with Gasteiger partial charge in [0.2, 0.25) is 0 Å². The first kappa shape index (κ1) is 22.5. The fourth-order valence-corrected chi connectivity index (χ4v) is 3.63. The molecule has 1 heterocycles. The SMILES string of the molecule is CCOC(=O)C(C)(Cc1cnc2c(ccc3ccccc32)c1C(F)(F)F)C(=O)OCC. The number of aromatic nitrogens is 1. The van der Waals surface area contributed by atoms with Crippen LogP contribution in [0, 0.1) is 5.41 Å². The van der Waals surface area contributed by atoms with Crippen LogP contribution >= 0.6 is 0 Å². The van der Waals surface area contributed by atoms with Crippen molar-refractivity contribution in [2.45, 2.75) is 33.4 Å². The third-order valence-electron chi connectivity index (χ3n) is 5.12. The van der Waals surface area contributed by atoms with E-state index in [1.54, 1.807) is 44.2 Å². The Bertz CT molecular complexity index is 1120. The minimum Gasteiger partial charge on any atom is -0.465 e. The summed E-state index contributed by atoms with van der Waals surface area (Å²) in [6.45, 7) is 4.28. The van der Waals surface area contributed by atoms with E-state index in [0.29, 0.717) is 5.39 Å². The van der Waals surface area contributed by atoms with Crippen LogP contribution in [0.3, 0.4) is 0 Å². The van der Waals surface area contributed by atoms with Crippen molar-refractivity contribution < 1.29 is 32.2 Å². The number of esters is 2. The fraction of sp³-hybridized carbons (Fsp3) is 0.348. The van der Waals surface area contributed by atoms with Gasteiger partial charge < -0.3 is 9.47 Å². The van der Waals surface area contributed by atoms with Crippen molar-refractivity contribution in [1.29, 1.82) is 0 Å². The van der Waals surface area contributed by atoms with Crippen molar-refractivity contribution in [2.75, 3.05) is 13.2 Å². The number of hydrogen-bond donors (Lipinski definition) is 0. The fourth-order valence-electron chi connectivity index (χ4n) is 3.63. The molecule has 8 heteroatoms. The number of alkyl halides is 3. The van der Waals surface area contributed by atoms with E-state index >= 15 is 0 Å². The highest BCUT2D eigenvalue weighted by Gasteiger charge is 2.47. The lowest BCUT2D eigenvalue weighted by Gasteiger charge is -2.26. The monoisotopic (exact) mass is 433 g/mol. The standard InChI is InChI=1S/C23H22F3NO4/c1-4-30-20(28)22(3,21(29)31-5-2)12-15-13-27-19-16-9-7-6-8-14(16)10-11-17(19)18(15)23(24,25)26/h6-11,13H,4-5,12H2,1-3H3. The van der Waals surface area contributed by atoms with Gasteiger partial charge in [0, 0.05) is 23.4 Å². The van der Waals surface area contributed by atoms with Crippen LogP contribution in [0.5, 0.6) is 0 Å². The molecule has 3 aromatic rings. The number of carbonyl (C=O) groups is 2. The summed E-state index contributed by atoms with van der Waals surface area (Å²) in [5.74, 6) is -1.89. The number of nitrogens with zero attached hydrogens (tertiary/aromatic N) is 1. The first-order valence-corrected chi connectivity index (χ1v) is 9.84. The maximum absolute atomic E-state index is 14.2. The summed E-state index contributed by atoms with van der Waals surface area (Å²) in [5, 5.41) is 1.24. The van der Waals surface area contributed by atoms with E-state index in [4.69, 9.17) is 9.47 Å². The molecule has 0 spiro atoms. The molecule has 0 radical (unpaired) electrons. The van der Waals surface area contributed by atoms with Gasteiger partial charge in [-0.05, 0) is 31.7 Å². The molecular formula is C23H22F3NO4. The first-order valence-electron chi connectivity index (χ1n) is 9.84. The van der Waals surface area contributed by atoms with Gasteiger partial charge in [-0.25, -0.2) is 0 Å². The zero-order valence-electron chi connectivity index (χ0n) is 17.4. The van der Waals surface area contributed by atoms with Crippen molar-refractivity contribution in [3.05, 3.63) is 53.7 Å². The van der Waals surface area contributed by atoms with Gasteiger partial charge in [-0.15, -0.1) is 0 Å². The highest BCUT2D eigenvalue weighted by atomic mass is 19.4. The van der Waals surface area contributed by atoms with Crippen molar-refractivity contribution in [3.8, 4) is 0 Å². The predicted octanol–water partition coefficient (Wildman–Crippen LogP) is 5.08. The maximum Gasteiger partial charge on any atom is 0.417 e. The van der Waals surface area contributed by atoms with Crippen LogP contribution in [-0.4, -0.2) is 30.1 Å². The predicted molar refractivity (Wildman–Crippen MR) is 109 cm³/mol. The second-order valence-electron chi connectivity index (χ2n) is 7.29. The third kappa shape index (κ3) is 4.19. The van der Waals surface area contributed by atoms with Gasteiger partial charge in [-0.1, -0.05) is 36.4 Å². The molecule has 0 saturated carbocycles. The van der Waals surface area contributed by atoms with Crippen molar-refractivity contribution in [3.63, 3.8) is 0 Å². The summed E-state index contributed by atoms with van der Waals surface area (Å²) < 4.78 is 52.5. The average Bonchev–Trinajstić information content (AvgIpc) is 2.72. The zero-order chi connectivity index (χ0) is 22.8. The van der Waals surface area contributed by atoms with Gasteiger partial charge in [0.15, 0.2) is 5.41 Å². The maximum atomic E-state index is 14.2. The van der Waals surface area contributed by atoms with Gasteiger partial charge in [0.1, 0.15) is 0 Å². The molecule has 31 heavy (non-hydrogen) atoms. The van der Waals surface area contributed by atoms with E-state index in [1.165, 1.54) is 13.0 Å². The van der Waals surface area contributed by atoms with Crippen LogP contribution in [0.2, 0.25) is 0 Å². The highest BCUT2D eigenvalue weighted by molar-refractivity contribution is 6.06. The summed E-state index contributed by atoms with van der Waals surface area (Å²) in [6, 6.07) is 9.96. The molecule has 0 N–H and O–H groups in total. The Balaban J connectivity index is 2.24. The van der Waals surface area contributed by atoms with Crippen molar-refractivity contribution in [1.82, 2.24) is 4.98 Å². The molecule has 0 aliphatic rings. The molecule has 0 atom stereocenters. The Morgan fingerprint density at radius 1 is 0.935 bits per heavy atom. The lowest BCUT2D eigenvalue weighted by atomic mass is 9.82. The van der Waals surface area contributed by atoms with Gasteiger partial charge in [-0.2, -0.15) is 13.2 Å². The molecule has 2 aromatic carbocycles. The van der Waals surface area contributed by atoms with E-state index in [0.717, 1.165) is 11.6 Å². The molecular weight excluding hydrogens is 411 g/mol. The molecule has 0 aliphatic carbocycles. The number of benzene rings is 2. The molecule has 0 saturated heterocycles. The Kier molecular flexibility index (Phi) is 6.20. The second kappa shape index (κ2) is 8.53. The van der Waals surface area contributed by atoms with Crippen LogP contribution in [0.25, 0.3) is 21.7 Å². The average molecular weight is 433 g/mol. The minimum absolute atomic E-state index is 0.0259. The van der Waals surface area contributed by atoms with Gasteiger partial charge in [-0.3, -0.25) is 14.6 Å². The number of ether oxygens (including phenoxy) is 2. The molecule has 0 aliphatic heterocycles. The minimum atomic E-state index is -4.73. The number of carbonyl (C=O) groups excluding carboxylic acids is 2. The Hall–Kier alpha value is -3.16. The zero-order valence-corrected chi connectivity index (χ0v) is 17.4. The first-order chi connectivity index (χ1) is 14.6. The second-order valence-corrected chi connectivity index (χ2v) is 7.29. The molecule has 5 nitrogen and oxygen atoms in total. The van der Waals surface area contributed by atoms with Crippen molar-refractivity contribution >= 4 is 33.6 Å². The topological polar surface area (TPSA) is 65.5 Å². The van der Waals surface area contributed by atoms with E-state index in [2.05, 4.69) is 4.98 Å². The number of rotatable bonds is 6. The van der Waals surface area contributed by atoms with Crippen LogP contribution < -0.4 is 0 Å². The summed E-state index contributed by atoms with van der Waals surface area (Å²) in [6.07, 6.45) is -4.22. The van der Waals surface area contributed by atoms with Crippen LogP contribution in [-0.2, 0) is 31.7 Å². The molecule has 0 fully saturated rings. The number of fused-ring (bicyclic) bond motifs is 3. The third-order valence-corrected chi connectivity index (χ3v) is 5.12. The smallest absolute Gasteiger partial charge is 0.417 e. The largest absolute Gasteiger partial charge is 0.465 e. The Morgan fingerprint density at radius 2 is 1.55 bits per heavy atom. The number of hydrogen-bond acceptors (Lipinski definition) is 5. The quantitative estimate of drug-likeness (QED) is 0.308.